The molecule has 0 heterocycles. The van der Waals surface area contributed by atoms with Crippen molar-refractivity contribution >= 4 is 5.91 Å². The summed E-state index contributed by atoms with van der Waals surface area (Å²) in [6.45, 7) is 3.76. The van der Waals surface area contributed by atoms with Crippen molar-refractivity contribution in [2.75, 3.05) is 7.05 Å². The fourth-order valence-electron chi connectivity index (χ4n) is 0.858. The summed E-state index contributed by atoms with van der Waals surface area (Å²) in [5.74, 6) is -0.439. The van der Waals surface area contributed by atoms with Crippen LogP contribution in [-0.2, 0) is 4.79 Å². The quantitative estimate of drug-likeness (QED) is 0.368. The van der Waals surface area contributed by atoms with Crippen LogP contribution in [0.2, 0.25) is 0 Å². The van der Waals surface area contributed by atoms with E-state index in [2.05, 4.69) is 6.92 Å². The highest BCUT2D eigenvalue weighted by Gasteiger charge is 2.17. The Morgan fingerprint density at radius 3 is 2.50 bits per heavy atom. The van der Waals surface area contributed by atoms with Crippen LogP contribution >= 0.6 is 0 Å². The Balaban J connectivity index is 4.00. The van der Waals surface area contributed by atoms with Gasteiger partial charge in [0.25, 0.3) is 0 Å². The van der Waals surface area contributed by atoms with Crippen molar-refractivity contribution in [3.63, 3.8) is 0 Å². The number of amides is 1. The van der Waals surface area contributed by atoms with E-state index in [1.54, 1.807) is 6.92 Å². The first-order valence-corrected chi connectivity index (χ1v) is 4.21. The van der Waals surface area contributed by atoms with E-state index >= 15 is 0 Å². The van der Waals surface area contributed by atoms with Crippen LogP contribution in [0.25, 0.3) is 0 Å². The van der Waals surface area contributed by atoms with E-state index in [4.69, 9.17) is 0 Å². The molecule has 0 unspecified atom stereocenters. The number of unbranched alkanes of at least 4 members (excludes halogenated alkanes) is 2. The Kier molecular flexibility index (Phi) is 5.17. The standard InChI is InChI=1S/C9H16NO2/c1-4-5-6-7-8(2)9(11)10(3)12/h7H,4-6H2,1-3H3/q+1. The lowest BCUT2D eigenvalue weighted by Crippen LogP contribution is -2.13. The smallest absolute Gasteiger partial charge is 0.210 e. The van der Waals surface area contributed by atoms with Gasteiger partial charge in [0, 0.05) is 4.91 Å². The van der Waals surface area contributed by atoms with E-state index in [9.17, 15) is 9.70 Å². The van der Waals surface area contributed by atoms with E-state index in [1.165, 1.54) is 7.05 Å². The maximum atomic E-state index is 11.0. The largest absolute Gasteiger partial charge is 0.460 e. The van der Waals surface area contributed by atoms with Crippen LogP contribution in [0.15, 0.2) is 11.6 Å². The van der Waals surface area contributed by atoms with Gasteiger partial charge < -0.3 is 0 Å². The van der Waals surface area contributed by atoms with Gasteiger partial charge in [-0.1, -0.05) is 25.8 Å². The summed E-state index contributed by atoms with van der Waals surface area (Å²) in [6.07, 6.45) is 4.86. The maximum absolute atomic E-state index is 11.0. The summed E-state index contributed by atoms with van der Waals surface area (Å²) in [7, 11) is 1.22. The molecular formula is C9H16NO2+. The van der Waals surface area contributed by atoms with Crippen LogP contribution in [0.1, 0.15) is 33.1 Å². The molecule has 0 aliphatic rings. The molecule has 0 aliphatic carbocycles. The summed E-state index contributed by atoms with van der Waals surface area (Å²) in [5.41, 5.74) is 0.543. The summed E-state index contributed by atoms with van der Waals surface area (Å²) < 4.78 is 0.359. The molecule has 0 bridgehead atoms. The van der Waals surface area contributed by atoms with Crippen LogP contribution in [-0.4, -0.2) is 17.7 Å². The molecule has 0 atom stereocenters. The molecule has 0 aromatic heterocycles. The van der Waals surface area contributed by atoms with Gasteiger partial charge in [-0.2, -0.15) is 0 Å². The van der Waals surface area contributed by atoms with Gasteiger partial charge in [0.15, 0.2) is 7.05 Å². The highest BCUT2D eigenvalue weighted by Crippen LogP contribution is 2.01. The zero-order valence-corrected chi connectivity index (χ0v) is 7.96. The number of carbonyl (C=O) groups is 1. The Hall–Kier alpha value is -0.990. The van der Waals surface area contributed by atoms with Gasteiger partial charge in [-0.25, -0.2) is 4.79 Å². The monoisotopic (exact) mass is 170 g/mol. The normalized spacial score (nSPS) is 11.4. The molecule has 0 rings (SSSR count). The van der Waals surface area contributed by atoms with Crippen LogP contribution in [0.3, 0.4) is 0 Å². The molecule has 0 spiro atoms. The molecule has 0 aromatic carbocycles. The first kappa shape index (κ1) is 11.0. The fraction of sp³-hybridized carbons (Fsp3) is 0.667. The molecular weight excluding hydrogens is 154 g/mol. The van der Waals surface area contributed by atoms with Crippen LogP contribution < -0.4 is 0 Å². The summed E-state index contributed by atoms with van der Waals surface area (Å²) in [4.78, 5) is 21.5. The zero-order valence-electron chi connectivity index (χ0n) is 7.96. The number of likely N-dealkylation sites (N-methyl/N-ethyl adjacent to an activating group) is 1. The maximum Gasteiger partial charge on any atom is 0.460 e. The molecule has 0 N–H and O–H groups in total. The number of carbonyl (C=O) groups excluding carboxylic acids is 1. The molecule has 0 aliphatic heterocycles. The number of hydrogen-bond acceptors (Lipinski definition) is 2. The molecule has 3 nitrogen and oxygen atoms in total. The molecule has 12 heavy (non-hydrogen) atoms. The van der Waals surface area contributed by atoms with Crippen LogP contribution in [0.5, 0.6) is 0 Å². The molecule has 1 amide bonds. The van der Waals surface area contributed by atoms with E-state index in [1.807, 2.05) is 6.08 Å². The third kappa shape index (κ3) is 4.01. The second kappa shape index (κ2) is 5.63. The predicted molar refractivity (Wildman–Crippen MR) is 47.8 cm³/mol. The van der Waals surface area contributed by atoms with Crippen molar-refractivity contribution in [1.82, 2.24) is 0 Å². The molecule has 0 radical (unpaired) electrons. The van der Waals surface area contributed by atoms with Crippen LogP contribution in [0.4, 0.5) is 0 Å². The average molecular weight is 170 g/mol. The number of rotatable bonds is 4. The molecule has 0 saturated heterocycles. The lowest BCUT2D eigenvalue weighted by Gasteiger charge is -1.90. The highest BCUT2D eigenvalue weighted by atomic mass is 16.3. The van der Waals surface area contributed by atoms with Gasteiger partial charge >= 0.3 is 5.91 Å². The minimum absolute atomic E-state index is 0.359. The van der Waals surface area contributed by atoms with Gasteiger partial charge in [-0.3, -0.25) is 0 Å². The topological polar surface area (TPSA) is 37.1 Å². The van der Waals surface area contributed by atoms with Gasteiger partial charge in [0.1, 0.15) is 0 Å². The van der Waals surface area contributed by atoms with Gasteiger partial charge in [0.05, 0.1) is 10.3 Å². The molecule has 68 valence electrons. The summed E-state index contributed by atoms with van der Waals surface area (Å²) in [5, 5.41) is 0. The van der Waals surface area contributed by atoms with E-state index < -0.39 is 5.91 Å². The number of nitroso groups, excluding NO2 is 1. The van der Waals surface area contributed by atoms with E-state index in [0.29, 0.717) is 10.3 Å². The minimum atomic E-state index is -0.439. The third-order valence-corrected chi connectivity index (χ3v) is 1.63. The highest BCUT2D eigenvalue weighted by molar-refractivity contribution is 5.85. The van der Waals surface area contributed by atoms with Crippen molar-refractivity contribution in [3.05, 3.63) is 16.6 Å². The number of hydrogen-bond donors (Lipinski definition) is 0. The molecule has 0 fully saturated rings. The predicted octanol–water partition coefficient (Wildman–Crippen LogP) is 2.06. The Bertz CT molecular complexity index is 207. The van der Waals surface area contributed by atoms with Crippen molar-refractivity contribution in [2.24, 2.45) is 0 Å². The van der Waals surface area contributed by atoms with Crippen molar-refractivity contribution in [1.29, 1.82) is 0 Å². The second-order valence-electron chi connectivity index (χ2n) is 2.83. The summed E-state index contributed by atoms with van der Waals surface area (Å²) in [6, 6.07) is 0. The molecule has 0 aromatic rings. The van der Waals surface area contributed by atoms with Gasteiger partial charge in [-0.05, 0) is 13.3 Å². The number of allylic oxidation sites excluding steroid dienone is 1. The minimum Gasteiger partial charge on any atom is -0.210 e. The Labute approximate surface area is 73.0 Å². The first-order valence-electron chi connectivity index (χ1n) is 4.21. The zero-order chi connectivity index (χ0) is 9.56. The lowest BCUT2D eigenvalue weighted by molar-refractivity contribution is -0.434. The van der Waals surface area contributed by atoms with Crippen molar-refractivity contribution in [2.45, 2.75) is 33.1 Å². The average Bonchev–Trinajstić information content (AvgIpc) is 2.03. The molecule has 3 heteroatoms. The lowest BCUT2D eigenvalue weighted by atomic mass is 10.2. The van der Waals surface area contributed by atoms with Gasteiger partial charge in [-0.15, -0.1) is 0 Å². The second-order valence-corrected chi connectivity index (χ2v) is 2.83. The number of nitrogens with zero attached hydrogens (tertiary/aromatic N) is 1. The Morgan fingerprint density at radius 2 is 2.08 bits per heavy atom. The van der Waals surface area contributed by atoms with Crippen LogP contribution in [0, 0.1) is 4.91 Å². The summed E-state index contributed by atoms with van der Waals surface area (Å²) >= 11 is 0. The van der Waals surface area contributed by atoms with E-state index in [-0.39, 0.29) is 0 Å². The van der Waals surface area contributed by atoms with Crippen molar-refractivity contribution < 1.29 is 9.55 Å². The third-order valence-electron chi connectivity index (χ3n) is 1.63. The molecule has 0 saturated carbocycles. The van der Waals surface area contributed by atoms with Gasteiger partial charge in [0.2, 0.25) is 0 Å². The van der Waals surface area contributed by atoms with E-state index in [0.717, 1.165) is 19.3 Å². The Morgan fingerprint density at radius 1 is 1.50 bits per heavy atom. The fourth-order valence-corrected chi connectivity index (χ4v) is 0.858. The van der Waals surface area contributed by atoms with Crippen molar-refractivity contribution in [3.8, 4) is 0 Å². The SMILES string of the molecule is CCCCC=C(C)C(=O)[N+](C)=O. The first-order chi connectivity index (χ1) is 5.59.